The summed E-state index contributed by atoms with van der Waals surface area (Å²) in [5.74, 6) is -1.51. The van der Waals surface area contributed by atoms with E-state index in [1.807, 2.05) is 0 Å². The fraction of sp³-hybridized carbons (Fsp3) is 0.467. The molecule has 0 aliphatic carbocycles. The molecule has 0 saturated carbocycles. The molecule has 1 amide bonds. The van der Waals surface area contributed by atoms with E-state index in [0.29, 0.717) is 13.2 Å². The largest absolute Gasteiger partial charge is 0.508 e. The molecule has 0 spiro atoms. The third kappa shape index (κ3) is 4.46. The predicted octanol–water partition coefficient (Wildman–Crippen LogP) is 0.931. The maximum Gasteiger partial charge on any atom is 0.326 e. The maximum absolute atomic E-state index is 12.1. The molecule has 1 aliphatic heterocycles. The Morgan fingerprint density at radius 3 is 2.62 bits per heavy atom. The summed E-state index contributed by atoms with van der Waals surface area (Å²) in [6.07, 6.45) is 1.71. The number of amides is 1. The first kappa shape index (κ1) is 15.3. The monoisotopic (exact) mass is 293 g/mol. The summed E-state index contributed by atoms with van der Waals surface area (Å²) in [4.78, 5) is 23.4. The molecule has 1 aromatic rings. The second-order valence-corrected chi connectivity index (χ2v) is 5.18. The Bertz CT molecular complexity index is 493. The first-order valence-corrected chi connectivity index (χ1v) is 6.95. The van der Waals surface area contributed by atoms with Crippen LogP contribution in [0.5, 0.6) is 5.75 Å². The van der Waals surface area contributed by atoms with Gasteiger partial charge in [0.15, 0.2) is 0 Å². The molecule has 1 fully saturated rings. The number of phenols is 1. The van der Waals surface area contributed by atoms with E-state index >= 15 is 0 Å². The van der Waals surface area contributed by atoms with Crippen LogP contribution in [0.15, 0.2) is 24.3 Å². The Morgan fingerprint density at radius 1 is 1.33 bits per heavy atom. The Kier molecular flexibility index (Phi) is 5.16. The highest BCUT2D eigenvalue weighted by Gasteiger charge is 2.27. The molecule has 1 aromatic carbocycles. The molecule has 114 valence electrons. The van der Waals surface area contributed by atoms with Gasteiger partial charge in [0, 0.05) is 13.0 Å². The average Bonchev–Trinajstić information content (AvgIpc) is 2.49. The summed E-state index contributed by atoms with van der Waals surface area (Å²) in [6, 6.07) is 5.28. The van der Waals surface area contributed by atoms with Crippen molar-refractivity contribution in [1.82, 2.24) is 5.32 Å². The summed E-state index contributed by atoms with van der Waals surface area (Å²) in [7, 11) is 0. The van der Waals surface area contributed by atoms with Crippen LogP contribution in [0, 0.1) is 5.92 Å². The van der Waals surface area contributed by atoms with E-state index in [2.05, 4.69) is 5.32 Å². The van der Waals surface area contributed by atoms with Gasteiger partial charge in [0.1, 0.15) is 11.8 Å². The van der Waals surface area contributed by atoms with Crippen LogP contribution in [0.1, 0.15) is 18.4 Å². The molecule has 1 saturated heterocycles. The van der Waals surface area contributed by atoms with E-state index in [4.69, 9.17) is 4.74 Å². The van der Waals surface area contributed by atoms with E-state index < -0.39 is 12.0 Å². The molecular weight excluding hydrogens is 274 g/mol. The lowest BCUT2D eigenvalue weighted by molar-refractivity contribution is -0.143. The van der Waals surface area contributed by atoms with Crippen LogP contribution in [0.3, 0.4) is 0 Å². The van der Waals surface area contributed by atoms with Gasteiger partial charge in [-0.25, -0.2) is 4.79 Å². The van der Waals surface area contributed by atoms with Crippen LogP contribution in [0.4, 0.5) is 0 Å². The average molecular weight is 293 g/mol. The highest BCUT2D eigenvalue weighted by Crippen LogP contribution is 2.15. The first-order valence-electron chi connectivity index (χ1n) is 6.95. The Hall–Kier alpha value is -2.08. The lowest BCUT2D eigenvalue weighted by atomic mass is 10.00. The minimum atomic E-state index is -1.08. The number of aliphatic carboxylic acids is 1. The summed E-state index contributed by atoms with van der Waals surface area (Å²) < 4.78 is 5.24. The van der Waals surface area contributed by atoms with Crippen molar-refractivity contribution in [1.29, 1.82) is 0 Å². The number of carbonyl (C=O) groups excluding carboxylic acids is 1. The number of hydrogen-bond acceptors (Lipinski definition) is 4. The van der Waals surface area contributed by atoms with Crippen molar-refractivity contribution in [3.05, 3.63) is 29.8 Å². The number of carbonyl (C=O) groups is 2. The molecule has 0 radical (unpaired) electrons. The van der Waals surface area contributed by atoms with Crippen molar-refractivity contribution in [3.8, 4) is 5.75 Å². The minimum absolute atomic E-state index is 0.119. The number of rotatable bonds is 5. The van der Waals surface area contributed by atoms with Crippen LogP contribution in [-0.4, -0.2) is 41.3 Å². The number of nitrogens with one attached hydrogen (secondary N) is 1. The van der Waals surface area contributed by atoms with Crippen molar-refractivity contribution < 1.29 is 24.5 Å². The molecule has 2 atom stereocenters. The van der Waals surface area contributed by atoms with Gasteiger partial charge in [-0.15, -0.1) is 0 Å². The van der Waals surface area contributed by atoms with E-state index in [1.165, 1.54) is 12.1 Å². The number of phenolic OH excluding ortho intramolecular Hbond substituents is 1. The molecule has 0 aromatic heterocycles. The molecule has 1 heterocycles. The fourth-order valence-electron chi connectivity index (χ4n) is 2.30. The quantitative estimate of drug-likeness (QED) is 0.750. The number of aromatic hydroxyl groups is 1. The SMILES string of the molecule is O=C(NC(Cc1ccc(O)cc1)C(=O)O)C1CCCOC1. The normalized spacial score (nSPS) is 19.7. The summed E-state index contributed by atoms with van der Waals surface area (Å²) >= 11 is 0. The van der Waals surface area contributed by atoms with Crippen molar-refractivity contribution in [2.75, 3.05) is 13.2 Å². The summed E-state index contributed by atoms with van der Waals surface area (Å²) in [5, 5.41) is 21.0. The number of ether oxygens (including phenoxy) is 1. The zero-order valence-electron chi connectivity index (χ0n) is 11.6. The van der Waals surface area contributed by atoms with Crippen LogP contribution >= 0.6 is 0 Å². The Labute approximate surface area is 122 Å². The second-order valence-electron chi connectivity index (χ2n) is 5.18. The third-order valence-electron chi connectivity index (χ3n) is 3.52. The van der Waals surface area contributed by atoms with Crippen molar-refractivity contribution in [2.45, 2.75) is 25.3 Å². The number of carboxylic acid groups (broad SMARTS) is 1. The topological polar surface area (TPSA) is 95.9 Å². The van der Waals surface area contributed by atoms with Gasteiger partial charge < -0.3 is 20.3 Å². The lowest BCUT2D eigenvalue weighted by Gasteiger charge is -2.23. The molecule has 21 heavy (non-hydrogen) atoms. The lowest BCUT2D eigenvalue weighted by Crippen LogP contribution is -2.46. The van der Waals surface area contributed by atoms with Crippen LogP contribution in [0.25, 0.3) is 0 Å². The molecule has 2 rings (SSSR count). The summed E-state index contributed by atoms with van der Waals surface area (Å²) in [5.41, 5.74) is 0.736. The maximum atomic E-state index is 12.1. The van der Waals surface area contributed by atoms with Gasteiger partial charge in [0.25, 0.3) is 0 Å². The molecule has 6 heteroatoms. The zero-order valence-corrected chi connectivity index (χ0v) is 11.6. The number of benzene rings is 1. The standard InChI is InChI=1S/C15H19NO5/c17-12-5-3-10(4-6-12)8-13(15(19)20)16-14(18)11-2-1-7-21-9-11/h3-6,11,13,17H,1-2,7-9H2,(H,16,18)(H,19,20). The molecule has 3 N–H and O–H groups in total. The Morgan fingerprint density at radius 2 is 2.05 bits per heavy atom. The second kappa shape index (κ2) is 7.08. The molecule has 1 aliphatic rings. The van der Waals surface area contributed by atoms with Gasteiger partial charge in [0.05, 0.1) is 12.5 Å². The number of hydrogen-bond donors (Lipinski definition) is 3. The van der Waals surface area contributed by atoms with Gasteiger partial charge >= 0.3 is 5.97 Å². The summed E-state index contributed by atoms with van der Waals surface area (Å²) in [6.45, 7) is 0.997. The number of carboxylic acids is 1. The van der Waals surface area contributed by atoms with Gasteiger partial charge in [-0.1, -0.05) is 12.1 Å². The molecule has 0 bridgehead atoms. The van der Waals surface area contributed by atoms with E-state index in [-0.39, 0.29) is 24.0 Å². The molecule has 2 unspecified atom stereocenters. The van der Waals surface area contributed by atoms with Crippen molar-refractivity contribution in [3.63, 3.8) is 0 Å². The Balaban J connectivity index is 1.96. The molecular formula is C15H19NO5. The van der Waals surface area contributed by atoms with Gasteiger partial charge in [-0.05, 0) is 30.5 Å². The van der Waals surface area contributed by atoms with Gasteiger partial charge in [-0.3, -0.25) is 4.79 Å². The first-order chi connectivity index (χ1) is 10.1. The van der Waals surface area contributed by atoms with Crippen LogP contribution in [-0.2, 0) is 20.7 Å². The highest BCUT2D eigenvalue weighted by atomic mass is 16.5. The van der Waals surface area contributed by atoms with Gasteiger partial charge in [-0.2, -0.15) is 0 Å². The highest BCUT2D eigenvalue weighted by molar-refractivity contribution is 5.85. The predicted molar refractivity (Wildman–Crippen MR) is 74.9 cm³/mol. The fourth-order valence-corrected chi connectivity index (χ4v) is 2.30. The van der Waals surface area contributed by atoms with E-state index in [1.54, 1.807) is 12.1 Å². The van der Waals surface area contributed by atoms with Crippen molar-refractivity contribution in [2.24, 2.45) is 5.92 Å². The zero-order chi connectivity index (χ0) is 15.2. The van der Waals surface area contributed by atoms with Crippen LogP contribution in [0.2, 0.25) is 0 Å². The third-order valence-corrected chi connectivity index (χ3v) is 3.52. The van der Waals surface area contributed by atoms with E-state index in [9.17, 15) is 19.8 Å². The molecule has 6 nitrogen and oxygen atoms in total. The van der Waals surface area contributed by atoms with E-state index in [0.717, 1.165) is 18.4 Å². The van der Waals surface area contributed by atoms with Crippen molar-refractivity contribution >= 4 is 11.9 Å². The smallest absolute Gasteiger partial charge is 0.326 e. The minimum Gasteiger partial charge on any atom is -0.508 e. The van der Waals surface area contributed by atoms with Gasteiger partial charge in [0.2, 0.25) is 5.91 Å². The van der Waals surface area contributed by atoms with Crippen LogP contribution < -0.4 is 5.32 Å².